The maximum Gasteiger partial charge on any atom is 0.220 e. The van der Waals surface area contributed by atoms with Crippen molar-refractivity contribution in [1.82, 2.24) is 5.32 Å². The van der Waals surface area contributed by atoms with Crippen LogP contribution < -0.4 is 10.1 Å². The third kappa shape index (κ3) is 6.18. The van der Waals surface area contributed by atoms with Gasteiger partial charge in [0.15, 0.2) is 0 Å². The lowest BCUT2D eigenvalue weighted by atomic mass is 10.1. The lowest BCUT2D eigenvalue weighted by Gasteiger charge is -2.11. The van der Waals surface area contributed by atoms with Gasteiger partial charge in [0.1, 0.15) is 5.75 Å². The number of halogens is 1. The fourth-order valence-electron chi connectivity index (χ4n) is 2.49. The predicted octanol–water partition coefficient (Wildman–Crippen LogP) is 4.24. The van der Waals surface area contributed by atoms with Crippen molar-refractivity contribution in [3.63, 3.8) is 0 Å². The first-order valence-corrected chi connectivity index (χ1v) is 9.17. The summed E-state index contributed by atoms with van der Waals surface area (Å²) in [5.74, 6) is 0.831. The molecular formula is C20H24BrNO3. The number of carbonyl (C=O) groups excluding carboxylic acids is 1. The molecular weight excluding hydrogens is 382 g/mol. The quantitative estimate of drug-likeness (QED) is 0.678. The van der Waals surface area contributed by atoms with Crippen LogP contribution in [-0.2, 0) is 29.1 Å². The van der Waals surface area contributed by atoms with Crippen LogP contribution in [0.2, 0.25) is 0 Å². The highest BCUT2D eigenvalue weighted by Gasteiger charge is 2.07. The number of methoxy groups -OCH3 is 1. The lowest BCUT2D eigenvalue weighted by molar-refractivity contribution is -0.121. The average Bonchev–Trinajstić information content (AvgIpc) is 2.63. The molecule has 0 saturated carbocycles. The summed E-state index contributed by atoms with van der Waals surface area (Å²) in [6, 6.07) is 13.9. The Morgan fingerprint density at radius 3 is 2.60 bits per heavy atom. The third-order valence-corrected chi connectivity index (χ3v) is 4.53. The minimum absolute atomic E-state index is 0.0400. The zero-order valence-corrected chi connectivity index (χ0v) is 16.3. The molecule has 0 aliphatic heterocycles. The lowest BCUT2D eigenvalue weighted by Crippen LogP contribution is -2.23. The van der Waals surface area contributed by atoms with Gasteiger partial charge < -0.3 is 14.8 Å². The van der Waals surface area contributed by atoms with Gasteiger partial charge in [-0.1, -0.05) is 30.3 Å². The first-order valence-electron chi connectivity index (χ1n) is 8.37. The van der Waals surface area contributed by atoms with Gasteiger partial charge in [-0.05, 0) is 58.1 Å². The average molecular weight is 406 g/mol. The van der Waals surface area contributed by atoms with Crippen molar-refractivity contribution in [2.45, 2.75) is 32.9 Å². The van der Waals surface area contributed by atoms with E-state index in [1.54, 1.807) is 7.11 Å². The van der Waals surface area contributed by atoms with Crippen LogP contribution in [0.5, 0.6) is 5.75 Å². The SMILES string of the molecule is CCOCc1ccccc1CNC(=O)CCc1ccc(OC)c(Br)c1. The topological polar surface area (TPSA) is 47.6 Å². The molecule has 1 amide bonds. The van der Waals surface area contributed by atoms with Gasteiger partial charge in [0.25, 0.3) is 0 Å². The molecule has 0 atom stereocenters. The van der Waals surface area contributed by atoms with Crippen molar-refractivity contribution in [2.24, 2.45) is 0 Å². The first-order chi connectivity index (χ1) is 12.1. The molecule has 0 unspecified atom stereocenters. The van der Waals surface area contributed by atoms with Gasteiger partial charge in [-0.25, -0.2) is 0 Å². The highest BCUT2D eigenvalue weighted by molar-refractivity contribution is 9.10. The summed E-state index contributed by atoms with van der Waals surface area (Å²) in [5, 5.41) is 2.99. The first kappa shape index (κ1) is 19.5. The Kier molecular flexibility index (Phi) is 7.95. The highest BCUT2D eigenvalue weighted by atomic mass is 79.9. The number of nitrogens with one attached hydrogen (secondary N) is 1. The summed E-state index contributed by atoms with van der Waals surface area (Å²) in [7, 11) is 1.64. The number of carbonyl (C=O) groups is 1. The molecule has 0 spiro atoms. The Morgan fingerprint density at radius 1 is 1.16 bits per heavy atom. The van der Waals surface area contributed by atoms with Crippen LogP contribution in [0.25, 0.3) is 0 Å². The van der Waals surface area contributed by atoms with Crippen LogP contribution in [0, 0.1) is 0 Å². The Morgan fingerprint density at radius 2 is 1.92 bits per heavy atom. The zero-order chi connectivity index (χ0) is 18.1. The summed E-state index contributed by atoms with van der Waals surface area (Å²) >= 11 is 3.47. The normalized spacial score (nSPS) is 10.5. The third-order valence-electron chi connectivity index (χ3n) is 3.91. The molecule has 0 aliphatic rings. The van der Waals surface area contributed by atoms with Crippen molar-refractivity contribution in [1.29, 1.82) is 0 Å². The zero-order valence-electron chi connectivity index (χ0n) is 14.7. The molecule has 2 rings (SSSR count). The number of hydrogen-bond acceptors (Lipinski definition) is 3. The van der Waals surface area contributed by atoms with Gasteiger partial charge in [-0.3, -0.25) is 4.79 Å². The summed E-state index contributed by atoms with van der Waals surface area (Å²) in [6.07, 6.45) is 1.14. The Labute approximate surface area is 157 Å². The van der Waals surface area contributed by atoms with Gasteiger partial charge in [0, 0.05) is 19.6 Å². The number of rotatable bonds is 9. The molecule has 0 aliphatic carbocycles. The second-order valence-electron chi connectivity index (χ2n) is 5.65. The predicted molar refractivity (Wildman–Crippen MR) is 103 cm³/mol. The minimum Gasteiger partial charge on any atom is -0.496 e. The molecule has 4 nitrogen and oxygen atoms in total. The van der Waals surface area contributed by atoms with E-state index in [1.165, 1.54) is 0 Å². The number of amides is 1. The molecule has 0 heterocycles. The number of aryl methyl sites for hydroxylation is 1. The van der Waals surface area contributed by atoms with Crippen LogP contribution >= 0.6 is 15.9 Å². The Hall–Kier alpha value is -1.85. The summed E-state index contributed by atoms with van der Waals surface area (Å²) in [5.41, 5.74) is 3.31. The van der Waals surface area contributed by atoms with Crippen LogP contribution in [0.1, 0.15) is 30.0 Å². The van der Waals surface area contributed by atoms with Crippen LogP contribution in [-0.4, -0.2) is 19.6 Å². The highest BCUT2D eigenvalue weighted by Crippen LogP contribution is 2.25. The molecule has 5 heteroatoms. The number of benzene rings is 2. The van der Waals surface area contributed by atoms with E-state index in [0.717, 1.165) is 26.9 Å². The monoisotopic (exact) mass is 405 g/mol. The van der Waals surface area contributed by atoms with Crippen molar-refractivity contribution in [3.05, 3.63) is 63.6 Å². The maximum absolute atomic E-state index is 12.1. The summed E-state index contributed by atoms with van der Waals surface area (Å²) in [6.45, 7) is 3.75. The van der Waals surface area contributed by atoms with E-state index >= 15 is 0 Å². The van der Waals surface area contributed by atoms with E-state index < -0.39 is 0 Å². The smallest absolute Gasteiger partial charge is 0.220 e. The van der Waals surface area contributed by atoms with Crippen molar-refractivity contribution in [3.8, 4) is 5.75 Å². The molecule has 0 fully saturated rings. The maximum atomic E-state index is 12.1. The van der Waals surface area contributed by atoms with E-state index in [-0.39, 0.29) is 5.91 Å². The molecule has 134 valence electrons. The van der Waals surface area contributed by atoms with E-state index in [9.17, 15) is 4.79 Å². The van der Waals surface area contributed by atoms with E-state index in [4.69, 9.17) is 9.47 Å². The fourth-order valence-corrected chi connectivity index (χ4v) is 3.08. The van der Waals surface area contributed by atoms with Gasteiger partial charge >= 0.3 is 0 Å². The number of hydrogen-bond donors (Lipinski definition) is 1. The standard InChI is InChI=1S/C20H24BrNO3/c1-3-25-14-17-7-5-4-6-16(17)13-22-20(23)11-9-15-8-10-19(24-2)18(21)12-15/h4-8,10,12H,3,9,11,13-14H2,1-2H3,(H,22,23). The number of ether oxygens (including phenoxy) is 2. The van der Waals surface area contributed by atoms with Gasteiger partial charge in [0.05, 0.1) is 18.2 Å². The van der Waals surface area contributed by atoms with Gasteiger partial charge in [-0.2, -0.15) is 0 Å². The molecule has 0 aromatic heterocycles. The second-order valence-corrected chi connectivity index (χ2v) is 6.51. The van der Waals surface area contributed by atoms with Crippen molar-refractivity contribution >= 4 is 21.8 Å². The minimum atomic E-state index is 0.0400. The van der Waals surface area contributed by atoms with E-state index in [0.29, 0.717) is 32.6 Å². The van der Waals surface area contributed by atoms with E-state index in [2.05, 4.69) is 21.2 Å². The molecule has 2 aromatic rings. The molecule has 25 heavy (non-hydrogen) atoms. The molecule has 0 bridgehead atoms. The van der Waals surface area contributed by atoms with Crippen LogP contribution in [0.15, 0.2) is 46.9 Å². The van der Waals surface area contributed by atoms with Crippen molar-refractivity contribution in [2.75, 3.05) is 13.7 Å². The van der Waals surface area contributed by atoms with Crippen molar-refractivity contribution < 1.29 is 14.3 Å². The molecule has 0 saturated heterocycles. The summed E-state index contributed by atoms with van der Waals surface area (Å²) in [4.78, 5) is 12.1. The van der Waals surface area contributed by atoms with Gasteiger partial charge in [0.2, 0.25) is 5.91 Å². The van der Waals surface area contributed by atoms with E-state index in [1.807, 2.05) is 49.4 Å². The second kappa shape index (κ2) is 10.2. The fraction of sp³-hybridized carbons (Fsp3) is 0.350. The Bertz CT molecular complexity index is 703. The molecule has 1 N–H and O–H groups in total. The van der Waals surface area contributed by atoms with Crippen LogP contribution in [0.4, 0.5) is 0 Å². The van der Waals surface area contributed by atoms with Crippen LogP contribution in [0.3, 0.4) is 0 Å². The largest absolute Gasteiger partial charge is 0.496 e. The van der Waals surface area contributed by atoms with Gasteiger partial charge in [-0.15, -0.1) is 0 Å². The summed E-state index contributed by atoms with van der Waals surface area (Å²) < 4.78 is 11.6. The molecule has 2 aromatic carbocycles. The Balaban J connectivity index is 1.84. The molecule has 0 radical (unpaired) electrons.